The fraction of sp³-hybridized carbons (Fsp3) is 0.375. The first kappa shape index (κ1) is 18.9. The average Bonchev–Trinajstić information content (AvgIpc) is 3.10. The maximum atomic E-state index is 13.0. The summed E-state index contributed by atoms with van der Waals surface area (Å²) in [7, 11) is -3.86. The van der Waals surface area contributed by atoms with Crippen molar-refractivity contribution in [3.05, 3.63) is 41.8 Å². The predicted molar refractivity (Wildman–Crippen MR) is 98.3 cm³/mol. The summed E-state index contributed by atoms with van der Waals surface area (Å²) in [5, 5.41) is 6.46. The molecule has 0 aliphatic carbocycles. The molecule has 1 aliphatic heterocycles. The van der Waals surface area contributed by atoms with Crippen molar-refractivity contribution in [3.8, 4) is 0 Å². The first-order valence-electron chi connectivity index (χ1n) is 8.14. The lowest BCUT2D eigenvalue weighted by atomic mass is 10.3. The van der Waals surface area contributed by atoms with E-state index in [0.717, 1.165) is 0 Å². The van der Waals surface area contributed by atoms with Crippen molar-refractivity contribution in [2.24, 2.45) is 0 Å². The zero-order chi connectivity index (χ0) is 18.7. The van der Waals surface area contributed by atoms with Crippen LogP contribution in [0.3, 0.4) is 0 Å². The van der Waals surface area contributed by atoms with Gasteiger partial charge in [0.05, 0.1) is 5.56 Å². The molecule has 2 heterocycles. The van der Waals surface area contributed by atoms with Crippen molar-refractivity contribution >= 4 is 33.4 Å². The van der Waals surface area contributed by atoms with Gasteiger partial charge in [-0.15, -0.1) is 0 Å². The highest BCUT2D eigenvalue weighted by atomic mass is 32.2. The molecule has 0 spiro atoms. The number of nitrogens with one attached hydrogen (secondary N) is 1. The highest BCUT2D eigenvalue weighted by molar-refractivity contribution is 7.99. The Morgan fingerprint density at radius 2 is 1.92 bits per heavy atom. The molecule has 1 aromatic carbocycles. The number of hydrogen-bond donors (Lipinski definition) is 1. The van der Waals surface area contributed by atoms with Gasteiger partial charge in [0.15, 0.2) is 0 Å². The van der Waals surface area contributed by atoms with Crippen molar-refractivity contribution in [1.29, 1.82) is 0 Å². The minimum Gasteiger partial charge on any atom is -0.322 e. The van der Waals surface area contributed by atoms with E-state index in [1.165, 1.54) is 39.4 Å². The molecular weight excluding hydrogens is 379 g/mol. The van der Waals surface area contributed by atoms with E-state index in [9.17, 15) is 17.6 Å². The number of nitrogens with zero attached hydrogens (tertiary/aromatic N) is 3. The first-order chi connectivity index (χ1) is 12.4. The summed E-state index contributed by atoms with van der Waals surface area (Å²) in [5.41, 5.74) is 0.354. The van der Waals surface area contributed by atoms with Gasteiger partial charge in [0.2, 0.25) is 5.03 Å². The van der Waals surface area contributed by atoms with E-state index in [1.807, 2.05) is 6.92 Å². The van der Waals surface area contributed by atoms with Crippen molar-refractivity contribution in [1.82, 2.24) is 14.1 Å². The van der Waals surface area contributed by atoms with E-state index < -0.39 is 21.7 Å². The Balaban J connectivity index is 1.92. The number of amides is 1. The lowest BCUT2D eigenvalue weighted by Crippen LogP contribution is -2.38. The Morgan fingerprint density at radius 3 is 2.54 bits per heavy atom. The third kappa shape index (κ3) is 3.92. The SMILES string of the molecule is CCn1cc(C(=O)Nc2ccc(F)cc2)c(S(=O)(=O)N2CCSCC2)n1. The van der Waals surface area contributed by atoms with Crippen LogP contribution in [0, 0.1) is 5.82 Å². The Labute approximate surface area is 155 Å². The number of aromatic nitrogens is 2. The molecule has 1 aliphatic rings. The minimum absolute atomic E-state index is 0.0191. The van der Waals surface area contributed by atoms with Crippen molar-refractivity contribution in [2.75, 3.05) is 29.9 Å². The average molecular weight is 398 g/mol. The molecule has 140 valence electrons. The molecule has 1 fully saturated rings. The van der Waals surface area contributed by atoms with Gasteiger partial charge in [0.25, 0.3) is 15.9 Å². The molecule has 0 atom stereocenters. The summed E-state index contributed by atoms with van der Waals surface area (Å²) in [6.45, 7) is 3.03. The van der Waals surface area contributed by atoms with Crippen LogP contribution in [0.4, 0.5) is 10.1 Å². The van der Waals surface area contributed by atoms with Gasteiger partial charge < -0.3 is 5.32 Å². The molecule has 1 saturated heterocycles. The van der Waals surface area contributed by atoms with Crippen LogP contribution in [0.25, 0.3) is 0 Å². The topological polar surface area (TPSA) is 84.3 Å². The molecule has 26 heavy (non-hydrogen) atoms. The summed E-state index contributed by atoms with van der Waals surface area (Å²) >= 11 is 1.69. The monoisotopic (exact) mass is 398 g/mol. The zero-order valence-corrected chi connectivity index (χ0v) is 15.8. The third-order valence-corrected chi connectivity index (χ3v) is 6.73. The summed E-state index contributed by atoms with van der Waals surface area (Å²) < 4.78 is 41.7. The molecule has 0 bridgehead atoms. The molecule has 3 rings (SSSR count). The molecule has 0 saturated carbocycles. The van der Waals surface area contributed by atoms with Gasteiger partial charge in [-0.3, -0.25) is 9.48 Å². The Morgan fingerprint density at radius 1 is 1.27 bits per heavy atom. The number of rotatable bonds is 5. The molecule has 0 unspecified atom stereocenters. The number of anilines is 1. The van der Waals surface area contributed by atoms with Crippen LogP contribution in [0.5, 0.6) is 0 Å². The van der Waals surface area contributed by atoms with E-state index >= 15 is 0 Å². The second-order valence-electron chi connectivity index (χ2n) is 5.68. The van der Waals surface area contributed by atoms with Crippen molar-refractivity contribution < 1.29 is 17.6 Å². The normalized spacial score (nSPS) is 15.8. The molecular formula is C16H19FN4O3S2. The van der Waals surface area contributed by atoms with Crippen LogP contribution in [0.15, 0.2) is 35.5 Å². The minimum atomic E-state index is -3.86. The maximum absolute atomic E-state index is 13.0. The molecule has 1 aromatic heterocycles. The molecule has 1 amide bonds. The number of aryl methyl sites for hydroxylation is 1. The summed E-state index contributed by atoms with van der Waals surface area (Å²) in [5.74, 6) is 0.407. The Bertz CT molecular complexity index is 891. The van der Waals surface area contributed by atoms with Crippen LogP contribution in [0.1, 0.15) is 17.3 Å². The standard InChI is InChI=1S/C16H19FN4O3S2/c1-2-20-11-14(15(22)18-13-5-3-12(17)4-6-13)16(19-20)26(23,24)21-7-9-25-10-8-21/h3-6,11H,2,7-10H2,1H3,(H,18,22). The first-order valence-corrected chi connectivity index (χ1v) is 10.7. The van der Waals surface area contributed by atoms with Crippen molar-refractivity contribution in [2.45, 2.75) is 18.5 Å². The predicted octanol–water partition coefficient (Wildman–Crippen LogP) is 2.03. The second kappa shape index (κ2) is 7.77. The van der Waals surface area contributed by atoms with Gasteiger partial charge in [0.1, 0.15) is 5.82 Å². The largest absolute Gasteiger partial charge is 0.322 e. The number of carbonyl (C=O) groups is 1. The third-order valence-electron chi connectivity index (χ3n) is 3.95. The molecule has 0 radical (unpaired) electrons. The maximum Gasteiger partial charge on any atom is 0.263 e. The van der Waals surface area contributed by atoms with Crippen LogP contribution in [-0.2, 0) is 16.6 Å². The van der Waals surface area contributed by atoms with Gasteiger partial charge in [-0.25, -0.2) is 12.8 Å². The Hall–Kier alpha value is -1.91. The lowest BCUT2D eigenvalue weighted by molar-refractivity contribution is 0.102. The molecule has 7 nitrogen and oxygen atoms in total. The van der Waals surface area contributed by atoms with Gasteiger partial charge in [-0.1, -0.05) is 0 Å². The number of thioether (sulfide) groups is 1. The summed E-state index contributed by atoms with van der Waals surface area (Å²) in [6, 6.07) is 5.25. The van der Waals surface area contributed by atoms with E-state index in [-0.39, 0.29) is 10.6 Å². The number of sulfonamides is 1. The lowest BCUT2D eigenvalue weighted by Gasteiger charge is -2.24. The van der Waals surface area contributed by atoms with Gasteiger partial charge in [-0.2, -0.15) is 21.2 Å². The quantitative estimate of drug-likeness (QED) is 0.833. The Kier molecular flexibility index (Phi) is 5.64. The fourth-order valence-electron chi connectivity index (χ4n) is 2.55. The fourth-order valence-corrected chi connectivity index (χ4v) is 5.23. The van der Waals surface area contributed by atoms with Crippen LogP contribution in [0.2, 0.25) is 0 Å². The van der Waals surface area contributed by atoms with Gasteiger partial charge >= 0.3 is 0 Å². The zero-order valence-electron chi connectivity index (χ0n) is 14.2. The number of benzene rings is 1. The van der Waals surface area contributed by atoms with E-state index in [0.29, 0.717) is 36.8 Å². The smallest absolute Gasteiger partial charge is 0.263 e. The van der Waals surface area contributed by atoms with Crippen molar-refractivity contribution in [3.63, 3.8) is 0 Å². The van der Waals surface area contributed by atoms with Crippen LogP contribution < -0.4 is 5.32 Å². The number of hydrogen-bond acceptors (Lipinski definition) is 5. The van der Waals surface area contributed by atoms with Crippen LogP contribution in [-0.4, -0.2) is 53.0 Å². The number of halogens is 1. The highest BCUT2D eigenvalue weighted by Gasteiger charge is 2.33. The second-order valence-corrected chi connectivity index (χ2v) is 8.76. The van der Waals surface area contributed by atoms with Crippen LogP contribution >= 0.6 is 11.8 Å². The van der Waals surface area contributed by atoms with Gasteiger partial charge in [0, 0.05) is 43.0 Å². The summed E-state index contributed by atoms with van der Waals surface area (Å²) in [4.78, 5) is 12.6. The van der Waals surface area contributed by atoms with E-state index in [2.05, 4.69) is 10.4 Å². The molecule has 2 aromatic rings. The van der Waals surface area contributed by atoms with Gasteiger partial charge in [-0.05, 0) is 31.2 Å². The van der Waals surface area contributed by atoms with E-state index in [1.54, 1.807) is 11.8 Å². The number of carbonyl (C=O) groups excluding carboxylic acids is 1. The molecule has 1 N–H and O–H groups in total. The highest BCUT2D eigenvalue weighted by Crippen LogP contribution is 2.23. The van der Waals surface area contributed by atoms with E-state index in [4.69, 9.17) is 0 Å². The molecule has 10 heteroatoms. The summed E-state index contributed by atoms with van der Waals surface area (Å²) in [6.07, 6.45) is 1.42.